The second-order valence-electron chi connectivity index (χ2n) is 7.30. The van der Waals surface area contributed by atoms with Crippen molar-refractivity contribution in [2.45, 2.75) is 6.92 Å². The van der Waals surface area contributed by atoms with Crippen molar-refractivity contribution in [2.24, 2.45) is 0 Å². The number of fused-ring (bicyclic) bond motifs is 1. The summed E-state index contributed by atoms with van der Waals surface area (Å²) >= 11 is 0. The maximum Gasteiger partial charge on any atom is 0.162 e. The van der Waals surface area contributed by atoms with Crippen LogP contribution in [0.25, 0.3) is 39.4 Å². The summed E-state index contributed by atoms with van der Waals surface area (Å²) in [5.74, 6) is 1.47. The van der Waals surface area contributed by atoms with Crippen LogP contribution in [0.5, 0.6) is 5.75 Å². The van der Waals surface area contributed by atoms with E-state index in [0.717, 1.165) is 39.3 Å². The first-order valence-corrected chi connectivity index (χ1v) is 10.4. The van der Waals surface area contributed by atoms with Crippen molar-refractivity contribution >= 4 is 11.0 Å². The summed E-state index contributed by atoms with van der Waals surface area (Å²) in [4.78, 5) is 9.88. The van der Waals surface area contributed by atoms with Crippen molar-refractivity contribution in [3.05, 3.63) is 96.7 Å². The van der Waals surface area contributed by atoms with Crippen molar-refractivity contribution in [3.8, 4) is 40.2 Å². The molecule has 0 amide bonds. The Balaban J connectivity index is 1.71. The van der Waals surface area contributed by atoms with E-state index in [4.69, 9.17) is 20.0 Å². The Morgan fingerprint density at radius 2 is 1.59 bits per heavy atom. The minimum Gasteiger partial charge on any atom is -0.494 e. The van der Waals surface area contributed by atoms with E-state index < -0.39 is 0 Å². The third-order valence-corrected chi connectivity index (χ3v) is 5.29. The van der Waals surface area contributed by atoms with Gasteiger partial charge in [0.15, 0.2) is 5.82 Å². The Hall–Kier alpha value is -4.43. The zero-order chi connectivity index (χ0) is 21.9. The fourth-order valence-corrected chi connectivity index (χ4v) is 3.73. The van der Waals surface area contributed by atoms with E-state index in [9.17, 15) is 0 Å². The van der Waals surface area contributed by atoms with E-state index in [-0.39, 0.29) is 0 Å². The molecule has 0 bridgehead atoms. The maximum atomic E-state index is 9.12. The van der Waals surface area contributed by atoms with Gasteiger partial charge in [-0.2, -0.15) is 5.26 Å². The van der Waals surface area contributed by atoms with Crippen LogP contribution in [0.4, 0.5) is 0 Å². The molecule has 0 radical (unpaired) electrons. The average molecular weight is 416 g/mol. The molecule has 5 heteroatoms. The van der Waals surface area contributed by atoms with Crippen molar-refractivity contribution < 1.29 is 4.74 Å². The molecule has 32 heavy (non-hydrogen) atoms. The van der Waals surface area contributed by atoms with E-state index in [0.29, 0.717) is 18.0 Å². The van der Waals surface area contributed by atoms with Gasteiger partial charge >= 0.3 is 0 Å². The van der Waals surface area contributed by atoms with Gasteiger partial charge in [0.25, 0.3) is 0 Å². The highest BCUT2D eigenvalue weighted by Gasteiger charge is 2.15. The van der Waals surface area contributed by atoms with Crippen LogP contribution < -0.4 is 4.74 Å². The Labute approximate surface area is 186 Å². The topological polar surface area (TPSA) is 63.7 Å². The quantitative estimate of drug-likeness (QED) is 0.351. The first kappa shape index (κ1) is 19.5. The van der Waals surface area contributed by atoms with Gasteiger partial charge in [0.1, 0.15) is 11.4 Å². The molecule has 0 saturated heterocycles. The molecule has 0 aliphatic heterocycles. The van der Waals surface area contributed by atoms with E-state index >= 15 is 0 Å². The summed E-state index contributed by atoms with van der Waals surface area (Å²) in [5, 5.41) is 10.1. The number of nitriles is 1. The summed E-state index contributed by atoms with van der Waals surface area (Å²) in [5.41, 5.74) is 5.21. The van der Waals surface area contributed by atoms with Gasteiger partial charge in [-0.1, -0.05) is 30.3 Å². The summed E-state index contributed by atoms with van der Waals surface area (Å²) < 4.78 is 7.61. The molecule has 2 aromatic heterocycles. The van der Waals surface area contributed by atoms with Gasteiger partial charge in [-0.3, -0.25) is 0 Å². The molecule has 0 atom stereocenters. The molecule has 0 unspecified atom stereocenters. The minimum atomic E-state index is 0.623. The van der Waals surface area contributed by atoms with Crippen LogP contribution in [0.15, 0.2) is 91.1 Å². The molecule has 5 rings (SSSR count). The second kappa shape index (κ2) is 8.37. The SMILES string of the molecule is CCOc1ccc(-c2nc(-c3ccccc3)c3ccn(-c4ccc(C#N)cc4)c3n2)cc1. The molecule has 2 heterocycles. The first-order chi connectivity index (χ1) is 15.8. The van der Waals surface area contributed by atoms with Gasteiger partial charge in [0.05, 0.1) is 23.9 Å². The van der Waals surface area contributed by atoms with Crippen LogP contribution in [0.3, 0.4) is 0 Å². The molecule has 0 aliphatic carbocycles. The van der Waals surface area contributed by atoms with E-state index in [2.05, 4.69) is 18.2 Å². The summed E-state index contributed by atoms with van der Waals surface area (Å²) in [6, 6.07) is 29.7. The molecule has 3 aromatic carbocycles. The lowest BCUT2D eigenvalue weighted by atomic mass is 10.1. The van der Waals surface area contributed by atoms with Gasteiger partial charge in [-0.05, 0) is 61.5 Å². The van der Waals surface area contributed by atoms with Crippen molar-refractivity contribution in [2.75, 3.05) is 6.61 Å². The fourth-order valence-electron chi connectivity index (χ4n) is 3.73. The standard InChI is InChI=1S/C27H20N4O/c1-2-32-23-14-10-21(11-15-23)26-29-25(20-6-4-3-5-7-20)24-16-17-31(27(24)30-26)22-12-8-19(18-28)9-13-22/h3-17H,2H2,1H3. The molecule has 5 aromatic rings. The Morgan fingerprint density at radius 1 is 0.844 bits per heavy atom. The highest BCUT2D eigenvalue weighted by atomic mass is 16.5. The highest BCUT2D eigenvalue weighted by Crippen LogP contribution is 2.31. The monoisotopic (exact) mass is 416 g/mol. The number of nitrogens with zero attached hydrogens (tertiary/aromatic N) is 4. The van der Waals surface area contributed by atoms with Gasteiger partial charge in [0.2, 0.25) is 0 Å². The Kier molecular flexibility index (Phi) is 5.11. The van der Waals surface area contributed by atoms with Gasteiger partial charge in [0, 0.05) is 28.4 Å². The molecular formula is C27H20N4O. The predicted octanol–water partition coefficient (Wildman–Crippen LogP) is 6.02. The largest absolute Gasteiger partial charge is 0.494 e. The summed E-state index contributed by atoms with van der Waals surface area (Å²) in [6.45, 7) is 2.59. The summed E-state index contributed by atoms with van der Waals surface area (Å²) in [6.07, 6.45) is 2.00. The van der Waals surface area contributed by atoms with Crippen LogP contribution in [0, 0.1) is 11.3 Å². The molecule has 0 spiro atoms. The fraction of sp³-hybridized carbons (Fsp3) is 0.0741. The lowest BCUT2D eigenvalue weighted by molar-refractivity contribution is 0.340. The van der Waals surface area contributed by atoms with Gasteiger partial charge in [-0.15, -0.1) is 0 Å². The van der Waals surface area contributed by atoms with Crippen LogP contribution in [0.2, 0.25) is 0 Å². The molecule has 0 aliphatic rings. The maximum absolute atomic E-state index is 9.12. The van der Waals surface area contributed by atoms with Crippen LogP contribution in [0.1, 0.15) is 12.5 Å². The van der Waals surface area contributed by atoms with Crippen LogP contribution >= 0.6 is 0 Å². The molecule has 0 saturated carbocycles. The second-order valence-corrected chi connectivity index (χ2v) is 7.30. The molecule has 0 fully saturated rings. The summed E-state index contributed by atoms with van der Waals surface area (Å²) in [7, 11) is 0. The molecule has 0 N–H and O–H groups in total. The van der Waals surface area contributed by atoms with Crippen LogP contribution in [-0.4, -0.2) is 21.1 Å². The van der Waals surface area contributed by atoms with Gasteiger partial charge in [-0.25, -0.2) is 9.97 Å². The van der Waals surface area contributed by atoms with Crippen LogP contribution in [-0.2, 0) is 0 Å². The van der Waals surface area contributed by atoms with E-state index in [1.165, 1.54) is 0 Å². The first-order valence-electron chi connectivity index (χ1n) is 10.4. The minimum absolute atomic E-state index is 0.623. The van der Waals surface area contributed by atoms with Gasteiger partial charge < -0.3 is 9.30 Å². The smallest absolute Gasteiger partial charge is 0.162 e. The zero-order valence-electron chi connectivity index (χ0n) is 17.6. The third-order valence-electron chi connectivity index (χ3n) is 5.29. The number of rotatable bonds is 5. The lowest BCUT2D eigenvalue weighted by Gasteiger charge is -2.10. The normalized spacial score (nSPS) is 10.8. The van der Waals surface area contributed by atoms with E-state index in [1.807, 2.05) is 90.5 Å². The molecule has 5 nitrogen and oxygen atoms in total. The lowest BCUT2D eigenvalue weighted by Crippen LogP contribution is -1.99. The van der Waals surface area contributed by atoms with E-state index in [1.54, 1.807) is 0 Å². The molecule has 154 valence electrons. The number of hydrogen-bond acceptors (Lipinski definition) is 4. The Bertz CT molecular complexity index is 1410. The zero-order valence-corrected chi connectivity index (χ0v) is 17.6. The number of aromatic nitrogens is 3. The number of ether oxygens (including phenoxy) is 1. The number of benzene rings is 3. The molecular weight excluding hydrogens is 396 g/mol. The number of hydrogen-bond donors (Lipinski definition) is 0. The average Bonchev–Trinajstić information content (AvgIpc) is 3.29. The Morgan fingerprint density at radius 3 is 2.28 bits per heavy atom. The van der Waals surface area contributed by atoms with Crippen molar-refractivity contribution in [3.63, 3.8) is 0 Å². The third kappa shape index (κ3) is 3.59. The van der Waals surface area contributed by atoms with Crippen molar-refractivity contribution in [1.82, 2.24) is 14.5 Å². The van der Waals surface area contributed by atoms with Crippen molar-refractivity contribution in [1.29, 1.82) is 5.26 Å². The predicted molar refractivity (Wildman–Crippen MR) is 126 cm³/mol. The highest BCUT2D eigenvalue weighted by molar-refractivity contribution is 5.93.